The molecule has 0 radical (unpaired) electrons. The third kappa shape index (κ3) is 4.96. The highest BCUT2D eigenvalue weighted by atomic mass is 32.1. The number of methoxy groups -OCH3 is 1. The lowest BCUT2D eigenvalue weighted by Crippen LogP contribution is -2.33. The largest absolute Gasteiger partial charge is 0.496 e. The maximum atomic E-state index is 13.2. The van der Waals surface area contributed by atoms with Crippen molar-refractivity contribution < 1.29 is 19.0 Å². The van der Waals surface area contributed by atoms with Gasteiger partial charge < -0.3 is 19.5 Å². The second-order valence-corrected chi connectivity index (χ2v) is 10.7. The van der Waals surface area contributed by atoms with E-state index in [1.165, 1.54) is 0 Å². The van der Waals surface area contributed by atoms with Gasteiger partial charge in [0.2, 0.25) is 0 Å². The summed E-state index contributed by atoms with van der Waals surface area (Å²) in [5, 5.41) is 20.3. The number of thiophene rings is 1. The molecular formula is C26H30N6O4S. The van der Waals surface area contributed by atoms with E-state index in [1.807, 2.05) is 46.8 Å². The molecule has 4 heterocycles. The zero-order chi connectivity index (χ0) is 26.2. The van der Waals surface area contributed by atoms with E-state index >= 15 is 0 Å². The van der Waals surface area contributed by atoms with Crippen molar-refractivity contribution in [3.63, 3.8) is 0 Å². The van der Waals surface area contributed by atoms with Crippen LogP contribution in [0.1, 0.15) is 43.7 Å². The van der Waals surface area contributed by atoms with Crippen LogP contribution in [0.2, 0.25) is 0 Å². The number of ether oxygens (including phenoxy) is 3. The summed E-state index contributed by atoms with van der Waals surface area (Å²) in [5.41, 5.74) is 4.91. The number of benzene rings is 1. The average Bonchev–Trinajstić information content (AvgIpc) is 3.64. The molecule has 0 fully saturated rings. The second-order valence-electron chi connectivity index (χ2n) is 9.91. The van der Waals surface area contributed by atoms with Crippen LogP contribution in [0.15, 0.2) is 35.2 Å². The Bertz CT molecular complexity index is 1420. The monoisotopic (exact) mass is 522 g/mol. The van der Waals surface area contributed by atoms with Crippen molar-refractivity contribution in [1.29, 1.82) is 0 Å². The first-order valence-corrected chi connectivity index (χ1v) is 13.0. The molecule has 11 heteroatoms. The molecule has 4 aromatic rings. The number of amides is 1. The summed E-state index contributed by atoms with van der Waals surface area (Å²) >= 11 is 1.57. The van der Waals surface area contributed by atoms with E-state index in [2.05, 4.69) is 36.4 Å². The summed E-state index contributed by atoms with van der Waals surface area (Å²) in [6.45, 7) is 9.79. The van der Waals surface area contributed by atoms with Gasteiger partial charge in [0, 0.05) is 41.3 Å². The van der Waals surface area contributed by atoms with Gasteiger partial charge in [-0.25, -0.2) is 9.36 Å². The summed E-state index contributed by atoms with van der Waals surface area (Å²) in [6.07, 6.45) is 1.81. The summed E-state index contributed by atoms with van der Waals surface area (Å²) < 4.78 is 20.7. The Hall–Kier alpha value is -3.70. The summed E-state index contributed by atoms with van der Waals surface area (Å²) in [6, 6.07) is 5.79. The molecule has 0 bridgehead atoms. The van der Waals surface area contributed by atoms with Crippen molar-refractivity contribution in [3.8, 4) is 39.7 Å². The third-order valence-electron chi connectivity index (χ3n) is 5.90. The Balaban J connectivity index is 1.63. The standard InChI is InChI=1S/C26H30N6O4S/c1-6-35-15-31-11-20(28-30-31)17-9-18-22(10-21(17)34-5)36-12-19-23(25(33)27-14-26(2,3)4)29-32(24(18)19)16-7-8-37-13-16/h7-11,13H,6,12,14-15H2,1-5H3,(H,27,33). The van der Waals surface area contributed by atoms with E-state index in [0.29, 0.717) is 42.8 Å². The van der Waals surface area contributed by atoms with Crippen molar-refractivity contribution in [2.75, 3.05) is 20.3 Å². The molecule has 0 spiro atoms. The van der Waals surface area contributed by atoms with E-state index in [1.54, 1.807) is 23.1 Å². The van der Waals surface area contributed by atoms with Crippen LogP contribution in [0.5, 0.6) is 11.5 Å². The third-order valence-corrected chi connectivity index (χ3v) is 6.57. The van der Waals surface area contributed by atoms with E-state index < -0.39 is 0 Å². The Morgan fingerprint density at radius 1 is 1.27 bits per heavy atom. The van der Waals surface area contributed by atoms with Crippen molar-refractivity contribution in [3.05, 3.63) is 46.4 Å². The van der Waals surface area contributed by atoms with Crippen molar-refractivity contribution in [1.82, 2.24) is 30.1 Å². The van der Waals surface area contributed by atoms with Gasteiger partial charge in [0.1, 0.15) is 30.5 Å². The maximum Gasteiger partial charge on any atom is 0.272 e. The fourth-order valence-electron chi connectivity index (χ4n) is 4.09. The smallest absolute Gasteiger partial charge is 0.272 e. The minimum Gasteiger partial charge on any atom is -0.496 e. The van der Waals surface area contributed by atoms with E-state index in [9.17, 15) is 4.79 Å². The lowest BCUT2D eigenvalue weighted by Gasteiger charge is -2.22. The molecule has 1 aromatic carbocycles. The van der Waals surface area contributed by atoms with E-state index in [0.717, 1.165) is 28.1 Å². The van der Waals surface area contributed by atoms with Gasteiger partial charge in [-0.3, -0.25) is 4.79 Å². The lowest BCUT2D eigenvalue weighted by atomic mass is 9.96. The minimum atomic E-state index is -0.222. The molecule has 1 amide bonds. The van der Waals surface area contributed by atoms with Gasteiger partial charge in [-0.2, -0.15) is 16.4 Å². The zero-order valence-electron chi connectivity index (χ0n) is 21.6. The predicted octanol–water partition coefficient (Wildman–Crippen LogP) is 4.53. The molecule has 10 nitrogen and oxygen atoms in total. The Labute approximate surface area is 219 Å². The number of nitrogens with one attached hydrogen (secondary N) is 1. The first kappa shape index (κ1) is 25.0. The molecule has 1 N–H and O–H groups in total. The number of aromatic nitrogens is 5. The molecule has 194 valence electrons. The van der Waals surface area contributed by atoms with Crippen LogP contribution in [-0.2, 0) is 18.1 Å². The molecule has 37 heavy (non-hydrogen) atoms. The number of rotatable bonds is 8. The van der Waals surface area contributed by atoms with E-state index in [-0.39, 0.29) is 17.9 Å². The molecule has 3 aromatic heterocycles. The average molecular weight is 523 g/mol. The van der Waals surface area contributed by atoms with Crippen molar-refractivity contribution in [2.24, 2.45) is 5.41 Å². The van der Waals surface area contributed by atoms with Gasteiger partial charge in [0.05, 0.1) is 24.7 Å². The highest BCUT2D eigenvalue weighted by Gasteiger charge is 2.32. The molecular weight excluding hydrogens is 492 g/mol. The van der Waals surface area contributed by atoms with Crippen LogP contribution in [0.4, 0.5) is 0 Å². The van der Waals surface area contributed by atoms with Gasteiger partial charge in [0.25, 0.3) is 5.91 Å². The van der Waals surface area contributed by atoms with Crippen molar-refractivity contribution >= 4 is 17.2 Å². The number of fused-ring (bicyclic) bond motifs is 3. The minimum absolute atomic E-state index is 0.0557. The van der Waals surface area contributed by atoms with Crippen LogP contribution in [0, 0.1) is 5.41 Å². The lowest BCUT2D eigenvalue weighted by molar-refractivity contribution is 0.0778. The van der Waals surface area contributed by atoms with Gasteiger partial charge in [-0.15, -0.1) is 5.10 Å². The molecule has 0 atom stereocenters. The first-order valence-electron chi connectivity index (χ1n) is 12.0. The van der Waals surface area contributed by atoms with E-state index in [4.69, 9.17) is 19.3 Å². The zero-order valence-corrected chi connectivity index (χ0v) is 22.4. The summed E-state index contributed by atoms with van der Waals surface area (Å²) in [7, 11) is 1.61. The van der Waals surface area contributed by atoms with Crippen LogP contribution in [-0.4, -0.2) is 50.9 Å². The maximum absolute atomic E-state index is 13.2. The molecule has 0 aliphatic carbocycles. The highest BCUT2D eigenvalue weighted by molar-refractivity contribution is 7.08. The highest BCUT2D eigenvalue weighted by Crippen LogP contribution is 2.45. The number of hydrogen-bond acceptors (Lipinski definition) is 8. The predicted molar refractivity (Wildman–Crippen MR) is 140 cm³/mol. The molecule has 1 aliphatic rings. The fourth-order valence-corrected chi connectivity index (χ4v) is 4.71. The topological polar surface area (TPSA) is 105 Å². The van der Waals surface area contributed by atoms with Crippen LogP contribution < -0.4 is 14.8 Å². The van der Waals surface area contributed by atoms with Gasteiger partial charge in [0.15, 0.2) is 5.69 Å². The second kappa shape index (κ2) is 9.98. The Morgan fingerprint density at radius 3 is 2.81 bits per heavy atom. The molecule has 0 unspecified atom stereocenters. The quantitative estimate of drug-likeness (QED) is 0.362. The van der Waals surface area contributed by atoms with Crippen LogP contribution in [0.25, 0.3) is 28.2 Å². The number of nitrogens with zero attached hydrogens (tertiary/aromatic N) is 5. The normalized spacial score (nSPS) is 12.6. The summed E-state index contributed by atoms with van der Waals surface area (Å²) in [4.78, 5) is 13.2. The van der Waals surface area contributed by atoms with Gasteiger partial charge >= 0.3 is 0 Å². The SMILES string of the molecule is CCOCn1cc(-c2cc3c(cc2OC)OCc2c(C(=O)NCC(C)(C)C)nn(-c4ccsc4)c2-3)nn1. The van der Waals surface area contributed by atoms with Gasteiger partial charge in [-0.1, -0.05) is 26.0 Å². The summed E-state index contributed by atoms with van der Waals surface area (Å²) in [5.74, 6) is 1.03. The van der Waals surface area contributed by atoms with Crippen LogP contribution >= 0.6 is 11.3 Å². The Kier molecular flexibility index (Phi) is 6.74. The first-order chi connectivity index (χ1) is 17.8. The number of carbonyl (C=O) groups is 1. The van der Waals surface area contributed by atoms with Crippen molar-refractivity contribution in [2.45, 2.75) is 41.0 Å². The molecule has 1 aliphatic heterocycles. The number of hydrogen-bond donors (Lipinski definition) is 1. The van der Waals surface area contributed by atoms with Crippen LogP contribution in [0.3, 0.4) is 0 Å². The van der Waals surface area contributed by atoms with Gasteiger partial charge in [-0.05, 0) is 29.9 Å². The molecule has 0 saturated heterocycles. The molecule has 0 saturated carbocycles. The number of carbonyl (C=O) groups excluding carboxylic acids is 1. The molecule has 5 rings (SSSR count). The Morgan fingerprint density at radius 2 is 2.11 bits per heavy atom. The fraction of sp³-hybridized carbons (Fsp3) is 0.385.